The van der Waals surface area contributed by atoms with E-state index in [1.807, 2.05) is 54.6 Å². The molecule has 26 heavy (non-hydrogen) atoms. The molecule has 0 fully saturated rings. The number of anilines is 1. The lowest BCUT2D eigenvalue weighted by Gasteiger charge is -2.13. The number of hydrogen-bond acceptors (Lipinski definition) is 3. The molecule has 0 unspecified atom stereocenters. The minimum absolute atomic E-state index is 0.207. The topological polar surface area (TPSA) is 64.0 Å². The van der Waals surface area contributed by atoms with Crippen LogP contribution in [0.2, 0.25) is 0 Å². The van der Waals surface area contributed by atoms with Gasteiger partial charge in [0.2, 0.25) is 0 Å². The molecular formula is C21H21N3O2. The highest BCUT2D eigenvalue weighted by Gasteiger charge is 2.13. The summed E-state index contributed by atoms with van der Waals surface area (Å²) in [5.74, 6) is -0.0496. The zero-order valence-electron chi connectivity index (χ0n) is 14.8. The highest BCUT2D eigenvalue weighted by molar-refractivity contribution is 6.03. The van der Waals surface area contributed by atoms with E-state index in [2.05, 4.69) is 24.3 Å². The standard InChI is InChI=1S/C21H21N3O2/c1-15(2)17-10-6-7-11-18(17)22-21(26)19-12-13-20(25)24(23-19)14-16-8-4-3-5-9-16/h3-13,15H,14H2,1-2H3,(H,22,26). The average Bonchev–Trinajstić information content (AvgIpc) is 2.64. The van der Waals surface area contributed by atoms with Crippen molar-refractivity contribution < 1.29 is 4.79 Å². The molecule has 3 aromatic rings. The second-order valence-corrected chi connectivity index (χ2v) is 6.40. The Morgan fingerprint density at radius 3 is 2.42 bits per heavy atom. The first-order valence-electron chi connectivity index (χ1n) is 8.57. The molecule has 2 aromatic carbocycles. The molecule has 0 atom stereocenters. The molecule has 3 rings (SSSR count). The third-order valence-corrected chi connectivity index (χ3v) is 4.11. The minimum atomic E-state index is -0.333. The fourth-order valence-corrected chi connectivity index (χ4v) is 2.74. The van der Waals surface area contributed by atoms with E-state index >= 15 is 0 Å². The molecule has 1 heterocycles. The van der Waals surface area contributed by atoms with Gasteiger partial charge >= 0.3 is 0 Å². The Kier molecular flexibility index (Phi) is 5.27. The van der Waals surface area contributed by atoms with Crippen LogP contribution in [0.5, 0.6) is 0 Å². The second-order valence-electron chi connectivity index (χ2n) is 6.40. The molecule has 1 N–H and O–H groups in total. The monoisotopic (exact) mass is 347 g/mol. The number of carbonyl (C=O) groups is 1. The molecule has 0 bridgehead atoms. The largest absolute Gasteiger partial charge is 0.320 e. The lowest BCUT2D eigenvalue weighted by molar-refractivity contribution is 0.102. The van der Waals surface area contributed by atoms with Crippen molar-refractivity contribution in [3.05, 3.63) is 93.9 Å². The molecule has 5 nitrogen and oxygen atoms in total. The molecule has 0 aliphatic rings. The zero-order chi connectivity index (χ0) is 18.5. The predicted molar refractivity (Wildman–Crippen MR) is 103 cm³/mol. The van der Waals surface area contributed by atoms with Gasteiger partial charge in [-0.1, -0.05) is 62.4 Å². The number of nitrogens with one attached hydrogen (secondary N) is 1. The highest BCUT2D eigenvalue weighted by atomic mass is 16.2. The Labute approximate surface area is 152 Å². The Morgan fingerprint density at radius 2 is 1.69 bits per heavy atom. The fraction of sp³-hybridized carbons (Fsp3) is 0.190. The summed E-state index contributed by atoms with van der Waals surface area (Å²) in [7, 11) is 0. The normalized spacial score (nSPS) is 10.7. The van der Waals surface area contributed by atoms with Crippen LogP contribution in [0.4, 0.5) is 5.69 Å². The average molecular weight is 347 g/mol. The molecule has 0 aliphatic carbocycles. The van der Waals surface area contributed by atoms with Crippen LogP contribution in [0.25, 0.3) is 0 Å². The number of benzene rings is 2. The second kappa shape index (κ2) is 7.78. The van der Waals surface area contributed by atoms with E-state index in [0.29, 0.717) is 6.54 Å². The Morgan fingerprint density at radius 1 is 1.00 bits per heavy atom. The van der Waals surface area contributed by atoms with Gasteiger partial charge in [0, 0.05) is 11.8 Å². The minimum Gasteiger partial charge on any atom is -0.320 e. The van der Waals surface area contributed by atoms with Crippen molar-refractivity contribution >= 4 is 11.6 Å². The van der Waals surface area contributed by atoms with Crippen molar-refractivity contribution in [1.82, 2.24) is 9.78 Å². The number of para-hydroxylation sites is 1. The van der Waals surface area contributed by atoms with Crippen molar-refractivity contribution in [1.29, 1.82) is 0 Å². The maximum Gasteiger partial charge on any atom is 0.276 e. The maximum absolute atomic E-state index is 12.6. The van der Waals surface area contributed by atoms with Gasteiger partial charge < -0.3 is 5.32 Å². The van der Waals surface area contributed by atoms with E-state index in [1.54, 1.807) is 0 Å². The fourth-order valence-electron chi connectivity index (χ4n) is 2.74. The van der Waals surface area contributed by atoms with E-state index in [-0.39, 0.29) is 23.1 Å². The van der Waals surface area contributed by atoms with Crippen LogP contribution >= 0.6 is 0 Å². The van der Waals surface area contributed by atoms with Gasteiger partial charge in [-0.25, -0.2) is 4.68 Å². The molecule has 1 amide bonds. The number of amides is 1. The molecule has 1 aromatic heterocycles. The Balaban J connectivity index is 1.85. The maximum atomic E-state index is 12.6. The van der Waals surface area contributed by atoms with Crippen LogP contribution in [-0.4, -0.2) is 15.7 Å². The molecule has 0 radical (unpaired) electrons. The van der Waals surface area contributed by atoms with Gasteiger partial charge in [0.15, 0.2) is 0 Å². The number of hydrogen-bond donors (Lipinski definition) is 1. The number of rotatable bonds is 5. The molecule has 0 aliphatic heterocycles. The summed E-state index contributed by atoms with van der Waals surface area (Å²) < 4.78 is 1.30. The summed E-state index contributed by atoms with van der Waals surface area (Å²) in [5, 5.41) is 7.13. The van der Waals surface area contributed by atoms with Crippen LogP contribution < -0.4 is 10.9 Å². The van der Waals surface area contributed by atoms with E-state index in [9.17, 15) is 9.59 Å². The molecule has 0 saturated heterocycles. The van der Waals surface area contributed by atoms with Crippen molar-refractivity contribution in [2.45, 2.75) is 26.3 Å². The molecule has 5 heteroatoms. The van der Waals surface area contributed by atoms with Crippen molar-refractivity contribution in [3.63, 3.8) is 0 Å². The van der Waals surface area contributed by atoms with Crippen LogP contribution in [-0.2, 0) is 6.54 Å². The number of nitrogens with zero attached hydrogens (tertiary/aromatic N) is 2. The van der Waals surface area contributed by atoms with Crippen LogP contribution in [0.3, 0.4) is 0 Å². The first-order chi connectivity index (χ1) is 12.5. The van der Waals surface area contributed by atoms with Gasteiger partial charge in [-0.3, -0.25) is 9.59 Å². The SMILES string of the molecule is CC(C)c1ccccc1NC(=O)c1ccc(=O)n(Cc2ccccc2)n1. The number of carbonyl (C=O) groups excluding carboxylic acids is 1. The van der Waals surface area contributed by atoms with E-state index in [1.165, 1.54) is 16.8 Å². The van der Waals surface area contributed by atoms with Gasteiger partial charge in [0.25, 0.3) is 11.5 Å². The zero-order valence-corrected chi connectivity index (χ0v) is 14.8. The van der Waals surface area contributed by atoms with Gasteiger partial charge in [-0.05, 0) is 29.2 Å². The van der Waals surface area contributed by atoms with Gasteiger partial charge in [-0.15, -0.1) is 0 Å². The van der Waals surface area contributed by atoms with Crippen LogP contribution in [0.1, 0.15) is 41.4 Å². The molecular weight excluding hydrogens is 326 g/mol. The van der Waals surface area contributed by atoms with Gasteiger partial charge in [0.05, 0.1) is 6.54 Å². The summed E-state index contributed by atoms with van der Waals surface area (Å²) in [6.07, 6.45) is 0. The lowest BCUT2D eigenvalue weighted by Crippen LogP contribution is -2.26. The first-order valence-corrected chi connectivity index (χ1v) is 8.57. The van der Waals surface area contributed by atoms with Crippen molar-refractivity contribution in [2.24, 2.45) is 0 Å². The number of aromatic nitrogens is 2. The first kappa shape index (κ1) is 17.6. The van der Waals surface area contributed by atoms with E-state index in [0.717, 1.165) is 16.8 Å². The Bertz CT molecular complexity index is 962. The summed E-state index contributed by atoms with van der Waals surface area (Å²) in [5.41, 5.74) is 2.73. The van der Waals surface area contributed by atoms with Gasteiger partial charge in [0.1, 0.15) is 5.69 Å². The Hall–Kier alpha value is -3.21. The lowest BCUT2D eigenvalue weighted by atomic mass is 10.0. The summed E-state index contributed by atoms with van der Waals surface area (Å²) in [6.45, 7) is 4.47. The van der Waals surface area contributed by atoms with Crippen molar-refractivity contribution in [2.75, 3.05) is 5.32 Å². The van der Waals surface area contributed by atoms with Crippen LogP contribution in [0, 0.1) is 0 Å². The van der Waals surface area contributed by atoms with E-state index < -0.39 is 0 Å². The van der Waals surface area contributed by atoms with Crippen molar-refractivity contribution in [3.8, 4) is 0 Å². The highest BCUT2D eigenvalue weighted by Crippen LogP contribution is 2.23. The summed E-state index contributed by atoms with van der Waals surface area (Å²) >= 11 is 0. The van der Waals surface area contributed by atoms with Crippen LogP contribution in [0.15, 0.2) is 71.5 Å². The third-order valence-electron chi connectivity index (χ3n) is 4.11. The quantitative estimate of drug-likeness (QED) is 0.766. The predicted octanol–water partition coefficient (Wildman–Crippen LogP) is 3.67. The molecule has 0 spiro atoms. The van der Waals surface area contributed by atoms with E-state index in [4.69, 9.17) is 0 Å². The molecule has 0 saturated carbocycles. The smallest absolute Gasteiger partial charge is 0.276 e. The summed E-state index contributed by atoms with van der Waals surface area (Å²) in [4.78, 5) is 24.7. The summed E-state index contributed by atoms with van der Waals surface area (Å²) in [6, 6.07) is 20.1. The third kappa shape index (κ3) is 4.06. The molecule has 132 valence electrons. The van der Waals surface area contributed by atoms with Gasteiger partial charge in [-0.2, -0.15) is 5.10 Å².